The van der Waals surface area contributed by atoms with Crippen molar-refractivity contribution in [2.75, 3.05) is 26.3 Å². The summed E-state index contributed by atoms with van der Waals surface area (Å²) in [5.41, 5.74) is 0.539. The maximum absolute atomic E-state index is 13.3. The van der Waals surface area contributed by atoms with Crippen LogP contribution in [-0.2, 0) is 16.0 Å². The first-order chi connectivity index (χ1) is 9.59. The summed E-state index contributed by atoms with van der Waals surface area (Å²) in [4.78, 5) is 21.5. The van der Waals surface area contributed by atoms with Crippen LogP contribution in [0.25, 0.3) is 0 Å². The van der Waals surface area contributed by atoms with Gasteiger partial charge >= 0.3 is 12.0 Å². The molecule has 0 aromatic heterocycles. The third-order valence-corrected chi connectivity index (χ3v) is 2.40. The summed E-state index contributed by atoms with van der Waals surface area (Å²) in [5.74, 6) is -1.35. The Hall–Kier alpha value is -2.15. The highest BCUT2D eigenvalue weighted by Gasteiger charge is 2.03. The van der Waals surface area contributed by atoms with E-state index in [0.717, 1.165) is 0 Å². The highest BCUT2D eigenvalue weighted by Crippen LogP contribution is 2.05. The van der Waals surface area contributed by atoms with Crippen LogP contribution in [0.4, 0.5) is 9.18 Å². The number of hydrogen-bond acceptors (Lipinski definition) is 3. The zero-order chi connectivity index (χ0) is 14.8. The molecule has 0 fully saturated rings. The molecule has 0 aliphatic rings. The third-order valence-electron chi connectivity index (χ3n) is 2.40. The van der Waals surface area contributed by atoms with Gasteiger partial charge in [-0.3, -0.25) is 0 Å². The van der Waals surface area contributed by atoms with Crippen LogP contribution in [0.2, 0.25) is 0 Å². The van der Waals surface area contributed by atoms with E-state index in [1.54, 1.807) is 18.2 Å². The van der Waals surface area contributed by atoms with Crippen LogP contribution in [0.3, 0.4) is 0 Å². The van der Waals surface area contributed by atoms with E-state index in [1.165, 1.54) is 6.07 Å². The third kappa shape index (κ3) is 6.69. The number of hydrogen-bond donors (Lipinski definition) is 3. The number of carbonyl (C=O) groups excluding carboxylic acids is 1. The van der Waals surface area contributed by atoms with E-state index in [4.69, 9.17) is 9.84 Å². The smallest absolute Gasteiger partial charge is 0.329 e. The van der Waals surface area contributed by atoms with Gasteiger partial charge in [-0.2, -0.15) is 0 Å². The van der Waals surface area contributed by atoms with Crippen molar-refractivity contribution in [2.45, 2.75) is 6.42 Å². The van der Waals surface area contributed by atoms with Crippen molar-refractivity contribution >= 4 is 12.0 Å². The summed E-state index contributed by atoms with van der Waals surface area (Å²) >= 11 is 0. The Kier molecular flexibility index (Phi) is 7.05. The van der Waals surface area contributed by atoms with Gasteiger partial charge in [0.25, 0.3) is 0 Å². The van der Waals surface area contributed by atoms with Gasteiger partial charge in [0.2, 0.25) is 0 Å². The van der Waals surface area contributed by atoms with Crippen molar-refractivity contribution in [1.29, 1.82) is 0 Å². The number of ether oxygens (including phenoxy) is 1. The van der Waals surface area contributed by atoms with Crippen molar-refractivity contribution < 1.29 is 23.8 Å². The summed E-state index contributed by atoms with van der Waals surface area (Å²) in [6.45, 7) is 0.241. The van der Waals surface area contributed by atoms with Gasteiger partial charge in [0.15, 0.2) is 0 Å². The molecule has 1 aromatic carbocycles. The van der Waals surface area contributed by atoms with E-state index in [2.05, 4.69) is 10.6 Å². The van der Waals surface area contributed by atoms with Gasteiger partial charge in [-0.05, 0) is 18.1 Å². The molecule has 0 saturated carbocycles. The lowest BCUT2D eigenvalue weighted by Gasteiger charge is -2.08. The maximum Gasteiger partial charge on any atom is 0.329 e. The van der Waals surface area contributed by atoms with Crippen LogP contribution < -0.4 is 10.6 Å². The normalized spacial score (nSPS) is 10.1. The zero-order valence-electron chi connectivity index (χ0n) is 10.9. The van der Waals surface area contributed by atoms with Crippen LogP contribution in [0, 0.1) is 5.82 Å². The molecule has 0 bridgehead atoms. The largest absolute Gasteiger partial charge is 0.480 e. The summed E-state index contributed by atoms with van der Waals surface area (Å²) in [6.07, 6.45) is 0.398. The molecular weight excluding hydrogens is 267 g/mol. The van der Waals surface area contributed by atoms with Crippen LogP contribution >= 0.6 is 0 Å². The number of rotatable bonds is 8. The van der Waals surface area contributed by atoms with Gasteiger partial charge in [0.1, 0.15) is 12.4 Å². The van der Waals surface area contributed by atoms with E-state index in [-0.39, 0.29) is 19.0 Å². The Morgan fingerprint density at radius 3 is 2.60 bits per heavy atom. The van der Waals surface area contributed by atoms with Gasteiger partial charge in [-0.25, -0.2) is 14.0 Å². The van der Waals surface area contributed by atoms with E-state index in [0.29, 0.717) is 18.5 Å². The fraction of sp³-hybridized carbons (Fsp3) is 0.385. The monoisotopic (exact) mass is 284 g/mol. The standard InChI is InChI=1S/C13H17FN2O4/c14-11-4-2-1-3-10(11)5-6-15-13(19)16-7-8-20-9-12(17)18/h1-4H,5-9H2,(H,17,18)(H2,15,16,19). The minimum atomic E-state index is -1.06. The number of benzene rings is 1. The molecule has 0 heterocycles. The van der Waals surface area contributed by atoms with Crippen LogP contribution in [0.1, 0.15) is 5.56 Å². The van der Waals surface area contributed by atoms with Crippen molar-refractivity contribution in [1.82, 2.24) is 10.6 Å². The zero-order valence-corrected chi connectivity index (χ0v) is 10.9. The molecule has 0 atom stereocenters. The lowest BCUT2D eigenvalue weighted by Crippen LogP contribution is -2.38. The van der Waals surface area contributed by atoms with Gasteiger partial charge in [-0.1, -0.05) is 18.2 Å². The predicted molar refractivity (Wildman–Crippen MR) is 70.0 cm³/mol. The van der Waals surface area contributed by atoms with Crippen LogP contribution in [-0.4, -0.2) is 43.4 Å². The molecule has 1 rings (SSSR count). The van der Waals surface area contributed by atoms with Crippen LogP contribution in [0.15, 0.2) is 24.3 Å². The number of urea groups is 1. The van der Waals surface area contributed by atoms with E-state index < -0.39 is 18.6 Å². The molecule has 1 aromatic rings. The van der Waals surface area contributed by atoms with Gasteiger partial charge < -0.3 is 20.5 Å². The summed E-state index contributed by atoms with van der Waals surface area (Å²) in [7, 11) is 0. The highest BCUT2D eigenvalue weighted by molar-refractivity contribution is 5.73. The van der Waals surface area contributed by atoms with Gasteiger partial charge in [-0.15, -0.1) is 0 Å². The fourth-order valence-corrected chi connectivity index (χ4v) is 1.47. The molecule has 7 heteroatoms. The molecule has 3 N–H and O–H groups in total. The lowest BCUT2D eigenvalue weighted by molar-refractivity contribution is -0.142. The Morgan fingerprint density at radius 2 is 1.90 bits per heavy atom. The number of aliphatic carboxylic acids is 1. The molecule has 0 radical (unpaired) electrons. The Labute approximate surface area is 115 Å². The topological polar surface area (TPSA) is 87.7 Å². The van der Waals surface area contributed by atoms with E-state index in [9.17, 15) is 14.0 Å². The Bertz CT molecular complexity index is 454. The predicted octanol–water partition coefficient (Wildman–Crippen LogP) is 0.769. The summed E-state index contributed by atoms with van der Waals surface area (Å²) < 4.78 is 18.0. The quantitative estimate of drug-likeness (QED) is 0.615. The minimum absolute atomic E-state index is 0.118. The molecule has 0 aliphatic carbocycles. The van der Waals surface area contributed by atoms with E-state index in [1.807, 2.05) is 0 Å². The molecule has 0 spiro atoms. The number of carboxylic acids is 1. The number of carbonyl (C=O) groups is 2. The lowest BCUT2D eigenvalue weighted by atomic mass is 10.1. The Balaban J connectivity index is 2.09. The highest BCUT2D eigenvalue weighted by atomic mass is 19.1. The number of carboxylic acid groups (broad SMARTS) is 1. The first kappa shape index (κ1) is 15.9. The maximum atomic E-state index is 13.3. The molecule has 20 heavy (non-hydrogen) atoms. The molecule has 2 amide bonds. The van der Waals surface area contributed by atoms with E-state index >= 15 is 0 Å². The number of nitrogens with one attached hydrogen (secondary N) is 2. The summed E-state index contributed by atoms with van der Waals surface area (Å²) in [5, 5.41) is 13.4. The second-order valence-electron chi connectivity index (χ2n) is 3.97. The Morgan fingerprint density at radius 1 is 1.20 bits per heavy atom. The fourth-order valence-electron chi connectivity index (χ4n) is 1.47. The number of amides is 2. The molecule has 0 unspecified atom stereocenters. The SMILES string of the molecule is O=C(O)COCCNC(=O)NCCc1ccccc1F. The molecule has 6 nitrogen and oxygen atoms in total. The molecule has 0 saturated heterocycles. The summed E-state index contributed by atoms with van der Waals surface area (Å²) in [6, 6.07) is 5.97. The molecular formula is C13H17FN2O4. The van der Waals surface area contributed by atoms with Crippen LogP contribution in [0.5, 0.6) is 0 Å². The second kappa shape index (κ2) is 8.87. The number of halogens is 1. The van der Waals surface area contributed by atoms with Crippen molar-refractivity contribution in [2.24, 2.45) is 0 Å². The van der Waals surface area contributed by atoms with Gasteiger partial charge in [0, 0.05) is 13.1 Å². The minimum Gasteiger partial charge on any atom is -0.480 e. The average molecular weight is 284 g/mol. The van der Waals surface area contributed by atoms with Crippen molar-refractivity contribution in [3.63, 3.8) is 0 Å². The molecule has 0 aliphatic heterocycles. The second-order valence-corrected chi connectivity index (χ2v) is 3.97. The van der Waals surface area contributed by atoms with Crippen molar-refractivity contribution in [3.8, 4) is 0 Å². The first-order valence-corrected chi connectivity index (χ1v) is 6.14. The molecule has 110 valence electrons. The first-order valence-electron chi connectivity index (χ1n) is 6.14. The van der Waals surface area contributed by atoms with Crippen molar-refractivity contribution in [3.05, 3.63) is 35.6 Å². The average Bonchev–Trinajstić information content (AvgIpc) is 2.40. The van der Waals surface area contributed by atoms with Gasteiger partial charge in [0.05, 0.1) is 6.61 Å².